The first kappa shape index (κ1) is 14.5. The number of hydrogen-bond acceptors (Lipinski definition) is 6. The van der Waals surface area contributed by atoms with E-state index in [4.69, 9.17) is 16.2 Å². The summed E-state index contributed by atoms with van der Waals surface area (Å²) in [6, 6.07) is 1.91. The zero-order chi connectivity index (χ0) is 14.7. The van der Waals surface area contributed by atoms with Crippen LogP contribution in [0, 0.1) is 0 Å². The average molecular weight is 277 g/mol. The number of nitrogens with two attached hydrogens (primary N) is 2. The van der Waals surface area contributed by atoms with Crippen LogP contribution < -0.4 is 21.5 Å². The third-order valence-corrected chi connectivity index (χ3v) is 3.67. The van der Waals surface area contributed by atoms with Crippen molar-refractivity contribution in [3.8, 4) is 5.75 Å². The van der Waals surface area contributed by atoms with Crippen LogP contribution in [0.4, 0.5) is 17.3 Å². The van der Waals surface area contributed by atoms with E-state index >= 15 is 0 Å². The number of likely N-dealkylation sites (tertiary alicyclic amines) is 1. The Hall–Kier alpha value is -1.95. The summed E-state index contributed by atoms with van der Waals surface area (Å²) in [6.07, 6.45) is 3.47. The third kappa shape index (κ3) is 2.96. The predicted octanol–water partition coefficient (Wildman–Crippen LogP) is 1.66. The van der Waals surface area contributed by atoms with E-state index in [1.807, 2.05) is 0 Å². The number of likely N-dealkylation sites (N-methyl/N-ethyl adjacent to an activating group) is 1. The molecule has 0 spiro atoms. The molecule has 1 aromatic heterocycles. The highest BCUT2D eigenvalue weighted by atomic mass is 16.5. The van der Waals surface area contributed by atoms with Crippen LogP contribution in [0.2, 0.25) is 0 Å². The molecule has 1 atom stereocenters. The van der Waals surface area contributed by atoms with Crippen molar-refractivity contribution in [3.63, 3.8) is 0 Å². The molecule has 0 bridgehead atoms. The van der Waals surface area contributed by atoms with Gasteiger partial charge in [0.1, 0.15) is 11.6 Å². The Morgan fingerprint density at radius 3 is 2.90 bits per heavy atom. The Labute approximate surface area is 119 Å². The van der Waals surface area contributed by atoms with Crippen LogP contribution in [0.25, 0.3) is 0 Å². The molecule has 0 amide bonds. The van der Waals surface area contributed by atoms with Crippen LogP contribution in [0.15, 0.2) is 18.4 Å². The highest BCUT2D eigenvalue weighted by molar-refractivity contribution is 5.68. The number of rotatable bonds is 4. The lowest BCUT2D eigenvalue weighted by Crippen LogP contribution is -2.38. The van der Waals surface area contributed by atoms with Crippen molar-refractivity contribution >= 4 is 17.3 Å². The molecule has 6 heteroatoms. The molecule has 5 N–H and O–H groups in total. The van der Waals surface area contributed by atoms with Crippen LogP contribution in [0.1, 0.15) is 19.3 Å². The summed E-state index contributed by atoms with van der Waals surface area (Å²) in [5.74, 6) is 2.14. The molecular formula is C14H23N5O. The number of nitrogen functional groups attached to an aromatic ring is 2. The summed E-state index contributed by atoms with van der Waals surface area (Å²) in [4.78, 5) is 6.43. The zero-order valence-electron chi connectivity index (χ0n) is 12.1. The second-order valence-electron chi connectivity index (χ2n) is 5.12. The van der Waals surface area contributed by atoms with Gasteiger partial charge in [-0.05, 0) is 26.4 Å². The first-order valence-corrected chi connectivity index (χ1v) is 6.83. The molecular weight excluding hydrogens is 254 g/mol. The fourth-order valence-electron chi connectivity index (χ4n) is 2.47. The third-order valence-electron chi connectivity index (χ3n) is 3.67. The molecule has 0 aliphatic carbocycles. The molecule has 2 rings (SSSR count). The number of nitrogens with zero attached hydrogens (tertiary/aromatic N) is 2. The summed E-state index contributed by atoms with van der Waals surface area (Å²) in [6.45, 7) is 5.12. The molecule has 0 aromatic carbocycles. The lowest BCUT2D eigenvalue weighted by molar-refractivity contribution is 0.173. The van der Waals surface area contributed by atoms with Gasteiger partial charge >= 0.3 is 0 Å². The maximum atomic E-state index is 5.89. The molecule has 1 aliphatic rings. The van der Waals surface area contributed by atoms with Crippen molar-refractivity contribution in [1.29, 1.82) is 0 Å². The summed E-state index contributed by atoms with van der Waals surface area (Å²) in [5, 5.41) is 2.96. The highest BCUT2D eigenvalue weighted by Crippen LogP contribution is 2.31. The summed E-state index contributed by atoms with van der Waals surface area (Å²) in [7, 11) is 3.85. The first-order chi connectivity index (χ1) is 9.52. The molecule has 1 aliphatic heterocycles. The Morgan fingerprint density at radius 2 is 2.25 bits per heavy atom. The molecule has 2 heterocycles. The van der Waals surface area contributed by atoms with Crippen molar-refractivity contribution in [2.24, 2.45) is 0 Å². The van der Waals surface area contributed by atoms with E-state index in [9.17, 15) is 0 Å². The minimum Gasteiger partial charge on any atom is -0.457 e. The van der Waals surface area contributed by atoms with Crippen molar-refractivity contribution in [2.45, 2.75) is 25.3 Å². The van der Waals surface area contributed by atoms with Gasteiger partial charge < -0.3 is 21.5 Å². The number of pyridine rings is 1. The van der Waals surface area contributed by atoms with Gasteiger partial charge in [0, 0.05) is 13.1 Å². The van der Waals surface area contributed by atoms with Gasteiger partial charge in [0.25, 0.3) is 0 Å². The number of hydrogen-bond donors (Lipinski definition) is 3. The van der Waals surface area contributed by atoms with Crippen molar-refractivity contribution in [3.05, 3.63) is 18.4 Å². The molecule has 1 aromatic rings. The van der Waals surface area contributed by atoms with E-state index in [0.717, 1.165) is 18.7 Å². The van der Waals surface area contributed by atoms with Crippen LogP contribution in [-0.4, -0.2) is 36.6 Å². The summed E-state index contributed by atoms with van der Waals surface area (Å²) >= 11 is 0. The largest absolute Gasteiger partial charge is 0.457 e. The fraction of sp³-hybridized carbons (Fsp3) is 0.500. The van der Waals surface area contributed by atoms with Crippen LogP contribution in [-0.2, 0) is 0 Å². The monoisotopic (exact) mass is 277 g/mol. The quantitative estimate of drug-likeness (QED) is 0.725. The second kappa shape index (κ2) is 6.00. The zero-order valence-corrected chi connectivity index (χ0v) is 12.1. The number of anilines is 3. The van der Waals surface area contributed by atoms with Gasteiger partial charge in [-0.15, -0.1) is 0 Å². The SMILES string of the molecule is C=C(Oc1cc(N)c(N)nc1NC)C1CCCCN1C. The van der Waals surface area contributed by atoms with Crippen molar-refractivity contribution in [2.75, 3.05) is 37.4 Å². The number of nitrogens with one attached hydrogen (secondary N) is 1. The number of ether oxygens (including phenoxy) is 1. The molecule has 20 heavy (non-hydrogen) atoms. The minimum absolute atomic E-state index is 0.229. The van der Waals surface area contributed by atoms with Crippen LogP contribution in [0.3, 0.4) is 0 Å². The van der Waals surface area contributed by atoms with Gasteiger partial charge in [-0.2, -0.15) is 0 Å². The average Bonchev–Trinajstić information content (AvgIpc) is 2.43. The predicted molar refractivity (Wildman–Crippen MR) is 82.6 cm³/mol. The van der Waals surface area contributed by atoms with E-state index in [2.05, 4.69) is 28.8 Å². The molecule has 110 valence electrons. The van der Waals surface area contributed by atoms with Crippen LogP contribution >= 0.6 is 0 Å². The lowest BCUT2D eigenvalue weighted by Gasteiger charge is -2.33. The van der Waals surface area contributed by atoms with E-state index in [1.54, 1.807) is 13.1 Å². The number of piperidine rings is 1. The minimum atomic E-state index is 0.229. The fourth-order valence-corrected chi connectivity index (χ4v) is 2.47. The van der Waals surface area contributed by atoms with E-state index in [0.29, 0.717) is 23.1 Å². The summed E-state index contributed by atoms with van der Waals surface area (Å²) in [5.41, 5.74) is 11.9. The van der Waals surface area contributed by atoms with E-state index in [-0.39, 0.29) is 6.04 Å². The first-order valence-electron chi connectivity index (χ1n) is 6.83. The molecule has 1 unspecified atom stereocenters. The Kier molecular flexibility index (Phi) is 4.34. The van der Waals surface area contributed by atoms with E-state index in [1.165, 1.54) is 12.8 Å². The Morgan fingerprint density at radius 1 is 1.50 bits per heavy atom. The van der Waals surface area contributed by atoms with Crippen molar-refractivity contribution < 1.29 is 4.74 Å². The molecule has 1 fully saturated rings. The molecule has 0 saturated carbocycles. The summed E-state index contributed by atoms with van der Waals surface area (Å²) < 4.78 is 5.89. The standard InChI is InChI=1S/C14H23N5O/c1-9(11-6-4-5-7-19(11)3)20-12-8-10(15)13(16)18-14(12)17-2/h8,11H,1,4-7,15H2,2-3H3,(H3,16,17,18). The van der Waals surface area contributed by atoms with Gasteiger partial charge in [0.15, 0.2) is 11.6 Å². The van der Waals surface area contributed by atoms with Gasteiger partial charge in [0.2, 0.25) is 0 Å². The van der Waals surface area contributed by atoms with Gasteiger partial charge in [-0.1, -0.05) is 13.0 Å². The van der Waals surface area contributed by atoms with E-state index < -0.39 is 0 Å². The van der Waals surface area contributed by atoms with Gasteiger partial charge in [-0.25, -0.2) is 4.98 Å². The maximum Gasteiger partial charge on any atom is 0.171 e. The maximum absolute atomic E-state index is 5.89. The highest BCUT2D eigenvalue weighted by Gasteiger charge is 2.24. The molecule has 0 radical (unpaired) electrons. The Balaban J connectivity index is 2.16. The normalized spacial score (nSPS) is 19.6. The topological polar surface area (TPSA) is 89.4 Å². The van der Waals surface area contributed by atoms with Gasteiger partial charge in [-0.3, -0.25) is 4.90 Å². The molecule has 6 nitrogen and oxygen atoms in total. The van der Waals surface area contributed by atoms with Crippen LogP contribution in [0.5, 0.6) is 5.75 Å². The smallest absolute Gasteiger partial charge is 0.171 e. The lowest BCUT2D eigenvalue weighted by atomic mass is 10.0. The Bertz CT molecular complexity index is 503. The van der Waals surface area contributed by atoms with Gasteiger partial charge in [0.05, 0.1) is 11.7 Å². The second-order valence-corrected chi connectivity index (χ2v) is 5.12. The number of aromatic nitrogens is 1. The molecule has 1 saturated heterocycles. The van der Waals surface area contributed by atoms with Crippen molar-refractivity contribution in [1.82, 2.24) is 9.88 Å².